The second kappa shape index (κ2) is 6.19. The number of thiophene rings is 1. The molecule has 1 aromatic heterocycles. The fourth-order valence-corrected chi connectivity index (χ4v) is 3.23. The predicted molar refractivity (Wildman–Crippen MR) is 87.9 cm³/mol. The molecule has 1 heterocycles. The maximum absolute atomic E-state index is 12.7. The first kappa shape index (κ1) is 16.0. The molecule has 1 amide bonds. The molecule has 0 fully saturated rings. The number of rotatable bonds is 4. The van der Waals surface area contributed by atoms with Gasteiger partial charge in [-0.1, -0.05) is 12.1 Å². The number of carbonyl (C=O) groups is 2. The van der Waals surface area contributed by atoms with E-state index in [2.05, 4.69) is 0 Å². The molecule has 6 heteroatoms. The van der Waals surface area contributed by atoms with E-state index < -0.39 is 0 Å². The van der Waals surface area contributed by atoms with Crippen molar-refractivity contribution in [3.05, 3.63) is 45.8 Å². The standard InChI is InChI=1S/C16H18N2O3S/c1-9-12(15(17)22-14(9)16(20)18(2)3)13(19)10-6-5-7-11(8-10)21-4/h5-8H,17H2,1-4H3. The molecule has 0 saturated heterocycles. The minimum atomic E-state index is -0.206. The van der Waals surface area contributed by atoms with E-state index in [0.717, 1.165) is 11.3 Å². The SMILES string of the molecule is COc1cccc(C(=O)c2c(N)sc(C(=O)N(C)C)c2C)c1. The van der Waals surface area contributed by atoms with E-state index in [1.165, 1.54) is 4.90 Å². The Morgan fingerprint density at radius 1 is 1.27 bits per heavy atom. The van der Waals surface area contributed by atoms with Crippen LogP contribution in [0.4, 0.5) is 5.00 Å². The second-order valence-electron chi connectivity index (χ2n) is 5.06. The fraction of sp³-hybridized carbons (Fsp3) is 0.250. The quantitative estimate of drug-likeness (QED) is 0.879. The van der Waals surface area contributed by atoms with Crippen molar-refractivity contribution in [1.82, 2.24) is 4.90 Å². The molecule has 0 spiro atoms. The van der Waals surface area contributed by atoms with E-state index in [0.29, 0.717) is 32.3 Å². The van der Waals surface area contributed by atoms with E-state index in [4.69, 9.17) is 10.5 Å². The Morgan fingerprint density at radius 2 is 1.95 bits per heavy atom. The Morgan fingerprint density at radius 3 is 2.55 bits per heavy atom. The van der Waals surface area contributed by atoms with Gasteiger partial charge in [0.1, 0.15) is 5.75 Å². The molecule has 22 heavy (non-hydrogen) atoms. The molecule has 0 radical (unpaired) electrons. The highest BCUT2D eigenvalue weighted by atomic mass is 32.1. The second-order valence-corrected chi connectivity index (χ2v) is 6.11. The molecule has 0 aliphatic carbocycles. The van der Waals surface area contributed by atoms with Crippen LogP contribution in [0.3, 0.4) is 0 Å². The Hall–Kier alpha value is -2.34. The molecular weight excluding hydrogens is 300 g/mol. The first-order valence-corrected chi connectivity index (χ1v) is 7.47. The number of amides is 1. The van der Waals surface area contributed by atoms with Crippen LogP contribution >= 0.6 is 11.3 Å². The summed E-state index contributed by atoms with van der Waals surface area (Å²) in [6.45, 7) is 1.75. The minimum absolute atomic E-state index is 0.154. The monoisotopic (exact) mass is 318 g/mol. The van der Waals surface area contributed by atoms with Crippen molar-refractivity contribution in [2.45, 2.75) is 6.92 Å². The number of ketones is 1. The smallest absolute Gasteiger partial charge is 0.263 e. The Kier molecular flexibility index (Phi) is 4.51. The third kappa shape index (κ3) is 2.82. The van der Waals surface area contributed by atoms with Crippen LogP contribution in [0.1, 0.15) is 31.2 Å². The van der Waals surface area contributed by atoms with Crippen LogP contribution < -0.4 is 10.5 Å². The van der Waals surface area contributed by atoms with E-state index in [-0.39, 0.29) is 11.7 Å². The summed E-state index contributed by atoms with van der Waals surface area (Å²) in [7, 11) is 4.88. The van der Waals surface area contributed by atoms with Crippen LogP contribution in [0.2, 0.25) is 0 Å². The number of hydrogen-bond acceptors (Lipinski definition) is 5. The van der Waals surface area contributed by atoms with Crippen molar-refractivity contribution in [2.75, 3.05) is 26.9 Å². The van der Waals surface area contributed by atoms with Crippen LogP contribution in [-0.2, 0) is 0 Å². The van der Waals surface area contributed by atoms with Gasteiger partial charge >= 0.3 is 0 Å². The molecule has 2 N–H and O–H groups in total. The normalized spacial score (nSPS) is 10.4. The van der Waals surface area contributed by atoms with Gasteiger partial charge in [-0.25, -0.2) is 0 Å². The van der Waals surface area contributed by atoms with E-state index in [1.807, 2.05) is 0 Å². The van der Waals surface area contributed by atoms with Crippen LogP contribution in [0, 0.1) is 6.92 Å². The highest BCUT2D eigenvalue weighted by Crippen LogP contribution is 2.33. The average Bonchev–Trinajstić information content (AvgIpc) is 2.80. The van der Waals surface area contributed by atoms with Gasteiger partial charge < -0.3 is 15.4 Å². The molecule has 0 unspecified atom stereocenters. The zero-order valence-electron chi connectivity index (χ0n) is 13.0. The van der Waals surface area contributed by atoms with Gasteiger partial charge in [-0.15, -0.1) is 11.3 Å². The largest absolute Gasteiger partial charge is 0.497 e. The lowest BCUT2D eigenvalue weighted by atomic mass is 10.0. The Balaban J connectivity index is 2.48. The summed E-state index contributed by atoms with van der Waals surface area (Å²) in [5.41, 5.74) is 7.48. The van der Waals surface area contributed by atoms with Gasteiger partial charge in [0.25, 0.3) is 5.91 Å². The lowest BCUT2D eigenvalue weighted by Crippen LogP contribution is -2.21. The van der Waals surface area contributed by atoms with Crippen LogP contribution in [0.25, 0.3) is 0 Å². The molecule has 0 aliphatic rings. The summed E-state index contributed by atoms with van der Waals surface area (Å²) in [5.74, 6) is 0.240. The van der Waals surface area contributed by atoms with Crippen molar-refractivity contribution in [3.63, 3.8) is 0 Å². The molecule has 1 aromatic carbocycles. The highest BCUT2D eigenvalue weighted by molar-refractivity contribution is 7.18. The highest BCUT2D eigenvalue weighted by Gasteiger charge is 2.25. The molecule has 2 rings (SSSR count). The lowest BCUT2D eigenvalue weighted by Gasteiger charge is -2.09. The van der Waals surface area contributed by atoms with Gasteiger partial charge in [-0.05, 0) is 24.6 Å². The van der Waals surface area contributed by atoms with Crippen molar-refractivity contribution >= 4 is 28.0 Å². The van der Waals surface area contributed by atoms with Gasteiger partial charge in [-0.3, -0.25) is 9.59 Å². The summed E-state index contributed by atoms with van der Waals surface area (Å²) in [4.78, 5) is 26.8. The molecule has 116 valence electrons. The van der Waals surface area contributed by atoms with Crippen LogP contribution in [0.15, 0.2) is 24.3 Å². The summed E-state index contributed by atoms with van der Waals surface area (Å²) in [5, 5.41) is 0.357. The van der Waals surface area contributed by atoms with Crippen molar-refractivity contribution in [3.8, 4) is 5.75 Å². The van der Waals surface area contributed by atoms with Crippen molar-refractivity contribution < 1.29 is 14.3 Å². The Bertz CT molecular complexity index is 735. The molecule has 2 aromatic rings. The zero-order valence-corrected chi connectivity index (χ0v) is 13.8. The van der Waals surface area contributed by atoms with Gasteiger partial charge in [0.05, 0.1) is 22.6 Å². The van der Waals surface area contributed by atoms with Crippen molar-refractivity contribution in [2.24, 2.45) is 0 Å². The molecular formula is C16H18N2O3S. The van der Waals surface area contributed by atoms with E-state index in [1.54, 1.807) is 52.4 Å². The topological polar surface area (TPSA) is 72.6 Å². The number of benzene rings is 1. The Labute approximate surface area is 133 Å². The average molecular weight is 318 g/mol. The predicted octanol–water partition coefficient (Wildman–Crippen LogP) is 2.58. The number of methoxy groups -OCH3 is 1. The summed E-state index contributed by atoms with van der Waals surface area (Å²) < 4.78 is 5.13. The fourth-order valence-electron chi connectivity index (χ4n) is 2.13. The molecule has 0 atom stereocenters. The van der Waals surface area contributed by atoms with Gasteiger partial charge in [0.2, 0.25) is 0 Å². The number of nitrogens with zero attached hydrogens (tertiary/aromatic N) is 1. The number of nitrogens with two attached hydrogens (primary N) is 1. The number of hydrogen-bond donors (Lipinski definition) is 1. The van der Waals surface area contributed by atoms with Crippen molar-refractivity contribution in [1.29, 1.82) is 0 Å². The molecule has 5 nitrogen and oxygen atoms in total. The van der Waals surface area contributed by atoms with Gasteiger partial charge in [-0.2, -0.15) is 0 Å². The van der Waals surface area contributed by atoms with E-state index in [9.17, 15) is 9.59 Å². The zero-order chi connectivity index (χ0) is 16.4. The number of anilines is 1. The maximum Gasteiger partial charge on any atom is 0.263 e. The molecule has 0 saturated carbocycles. The lowest BCUT2D eigenvalue weighted by molar-refractivity contribution is 0.0831. The van der Waals surface area contributed by atoms with Crippen LogP contribution in [0.5, 0.6) is 5.75 Å². The minimum Gasteiger partial charge on any atom is -0.497 e. The first-order chi connectivity index (χ1) is 10.4. The van der Waals surface area contributed by atoms with E-state index >= 15 is 0 Å². The number of carbonyl (C=O) groups excluding carboxylic acids is 2. The third-order valence-corrected chi connectivity index (χ3v) is 4.44. The summed E-state index contributed by atoms with van der Waals surface area (Å²) in [6, 6.07) is 6.87. The van der Waals surface area contributed by atoms with Gasteiger partial charge in [0.15, 0.2) is 5.78 Å². The first-order valence-electron chi connectivity index (χ1n) is 6.66. The van der Waals surface area contributed by atoms with Gasteiger partial charge in [0, 0.05) is 19.7 Å². The molecule has 0 bridgehead atoms. The number of nitrogen functional groups attached to an aromatic ring is 1. The molecule has 0 aliphatic heterocycles. The summed E-state index contributed by atoms with van der Waals surface area (Å²) in [6.07, 6.45) is 0. The third-order valence-electron chi connectivity index (χ3n) is 3.33. The summed E-state index contributed by atoms with van der Waals surface area (Å²) >= 11 is 1.14. The van der Waals surface area contributed by atoms with Crippen LogP contribution in [-0.4, -0.2) is 37.8 Å². The maximum atomic E-state index is 12.7. The number of ether oxygens (including phenoxy) is 1.